The molecule has 0 aromatic heterocycles. The van der Waals surface area contributed by atoms with Crippen LogP contribution in [0.4, 0.5) is 13.2 Å². The molecule has 1 saturated heterocycles. The van der Waals surface area contributed by atoms with Gasteiger partial charge in [0.15, 0.2) is 15.9 Å². The Bertz CT molecular complexity index is 873. The van der Waals surface area contributed by atoms with Gasteiger partial charge in [-0.1, -0.05) is 61.9 Å². The molecule has 28 heavy (non-hydrogen) atoms. The molecule has 1 fully saturated rings. The third kappa shape index (κ3) is 4.09. The SMILES string of the molecule is CCCCN1O[C@@H](C(F)(F)F)[C@H](S(=O)(=O)c2ccccc2)[C@H]1c1ccccc1. The molecule has 152 valence electrons. The third-order valence-electron chi connectivity index (χ3n) is 4.79. The normalized spacial score (nSPS) is 23.8. The van der Waals surface area contributed by atoms with E-state index in [4.69, 9.17) is 4.84 Å². The summed E-state index contributed by atoms with van der Waals surface area (Å²) in [6.07, 6.45) is -5.92. The van der Waals surface area contributed by atoms with Crippen LogP contribution in [-0.4, -0.2) is 37.6 Å². The van der Waals surface area contributed by atoms with E-state index in [1.54, 1.807) is 36.4 Å². The van der Waals surface area contributed by atoms with Crippen LogP contribution < -0.4 is 0 Å². The number of unbranched alkanes of at least 4 members (excludes halogenated alkanes) is 1. The number of rotatable bonds is 6. The molecule has 0 unspecified atom stereocenters. The van der Waals surface area contributed by atoms with Crippen molar-refractivity contribution >= 4 is 9.84 Å². The summed E-state index contributed by atoms with van der Waals surface area (Å²) < 4.78 is 68.1. The van der Waals surface area contributed by atoms with E-state index in [9.17, 15) is 21.6 Å². The van der Waals surface area contributed by atoms with Gasteiger partial charge in [-0.2, -0.15) is 18.2 Å². The Morgan fingerprint density at radius 2 is 1.57 bits per heavy atom. The summed E-state index contributed by atoms with van der Waals surface area (Å²) in [7, 11) is -4.31. The van der Waals surface area contributed by atoms with E-state index < -0.39 is 33.4 Å². The number of hydrogen-bond acceptors (Lipinski definition) is 4. The minimum atomic E-state index is -4.82. The number of sulfone groups is 1. The van der Waals surface area contributed by atoms with Gasteiger partial charge in [0.1, 0.15) is 5.25 Å². The quantitative estimate of drug-likeness (QED) is 0.697. The van der Waals surface area contributed by atoms with Crippen LogP contribution in [0.1, 0.15) is 31.4 Å². The van der Waals surface area contributed by atoms with Gasteiger partial charge in [-0.25, -0.2) is 8.42 Å². The topological polar surface area (TPSA) is 46.6 Å². The van der Waals surface area contributed by atoms with Crippen LogP contribution in [0.15, 0.2) is 65.6 Å². The van der Waals surface area contributed by atoms with Crippen LogP contribution in [-0.2, 0) is 14.7 Å². The highest BCUT2D eigenvalue weighted by Crippen LogP contribution is 2.46. The maximum Gasteiger partial charge on any atom is 0.418 e. The van der Waals surface area contributed by atoms with Crippen LogP contribution in [0.5, 0.6) is 0 Å². The van der Waals surface area contributed by atoms with E-state index >= 15 is 0 Å². The van der Waals surface area contributed by atoms with Crippen LogP contribution in [0.2, 0.25) is 0 Å². The van der Waals surface area contributed by atoms with Gasteiger partial charge in [-0.15, -0.1) is 0 Å². The Labute approximate surface area is 162 Å². The molecule has 0 radical (unpaired) electrons. The van der Waals surface area contributed by atoms with Crippen molar-refractivity contribution in [2.24, 2.45) is 0 Å². The molecule has 0 aliphatic carbocycles. The van der Waals surface area contributed by atoms with Gasteiger partial charge < -0.3 is 0 Å². The van der Waals surface area contributed by atoms with Gasteiger partial charge in [0.05, 0.1) is 10.9 Å². The Balaban J connectivity index is 2.14. The van der Waals surface area contributed by atoms with Crippen LogP contribution in [0, 0.1) is 0 Å². The smallest absolute Gasteiger partial charge is 0.284 e. The predicted molar refractivity (Wildman–Crippen MR) is 99.1 cm³/mol. The lowest BCUT2D eigenvalue weighted by Gasteiger charge is -2.26. The summed E-state index contributed by atoms with van der Waals surface area (Å²) >= 11 is 0. The maximum atomic E-state index is 13.8. The zero-order valence-corrected chi connectivity index (χ0v) is 16.2. The van der Waals surface area contributed by atoms with Gasteiger partial charge in [0.2, 0.25) is 0 Å². The third-order valence-corrected chi connectivity index (χ3v) is 6.95. The monoisotopic (exact) mass is 413 g/mol. The molecule has 0 N–H and O–H groups in total. The second-order valence-electron chi connectivity index (χ2n) is 6.74. The Hall–Kier alpha value is -1.90. The second-order valence-corrected chi connectivity index (χ2v) is 8.85. The minimum absolute atomic E-state index is 0.142. The standard InChI is InChI=1S/C20H22F3NO3S/c1-2-3-14-24-17(15-10-6-4-7-11-15)18(19(27-24)20(21,22)23)28(25,26)16-12-8-5-9-13-16/h4-13,17-19H,2-3,14H2,1H3/t17-,18-,19-/m1/s1. The summed E-state index contributed by atoms with van der Waals surface area (Å²) in [5.74, 6) is 0. The summed E-state index contributed by atoms with van der Waals surface area (Å²) in [4.78, 5) is 5.10. The zero-order chi connectivity index (χ0) is 20.4. The molecule has 0 spiro atoms. The molecule has 0 bridgehead atoms. The number of nitrogens with zero attached hydrogens (tertiary/aromatic N) is 1. The first-order chi connectivity index (χ1) is 13.3. The fraction of sp³-hybridized carbons (Fsp3) is 0.400. The highest BCUT2D eigenvalue weighted by molar-refractivity contribution is 7.92. The minimum Gasteiger partial charge on any atom is -0.284 e. The second kappa shape index (κ2) is 8.23. The van der Waals surface area contributed by atoms with Crippen LogP contribution in [0.3, 0.4) is 0 Å². The van der Waals surface area contributed by atoms with Crippen molar-refractivity contribution in [1.82, 2.24) is 5.06 Å². The molecule has 2 aromatic rings. The van der Waals surface area contributed by atoms with Gasteiger partial charge >= 0.3 is 6.18 Å². The first-order valence-electron chi connectivity index (χ1n) is 9.11. The first-order valence-corrected chi connectivity index (χ1v) is 10.7. The summed E-state index contributed by atoms with van der Waals surface area (Å²) in [5, 5.41) is -0.601. The van der Waals surface area contributed by atoms with E-state index in [1.807, 2.05) is 6.92 Å². The Morgan fingerprint density at radius 1 is 1.00 bits per heavy atom. The number of hydroxylamine groups is 2. The lowest BCUT2D eigenvalue weighted by atomic mass is 10.0. The molecule has 3 atom stereocenters. The molecule has 1 aliphatic heterocycles. The molecule has 4 nitrogen and oxygen atoms in total. The van der Waals surface area contributed by atoms with E-state index in [1.165, 1.54) is 29.3 Å². The summed E-state index contributed by atoms with van der Waals surface area (Å²) in [5.41, 5.74) is 0.481. The van der Waals surface area contributed by atoms with Gasteiger partial charge in [-0.05, 0) is 24.1 Å². The maximum absolute atomic E-state index is 13.8. The summed E-state index contributed by atoms with van der Waals surface area (Å²) in [6, 6.07) is 14.6. The van der Waals surface area contributed by atoms with Gasteiger partial charge in [-0.3, -0.25) is 4.84 Å². The Morgan fingerprint density at radius 3 is 2.11 bits per heavy atom. The number of halogens is 3. The van der Waals surface area contributed by atoms with Crippen molar-refractivity contribution in [3.8, 4) is 0 Å². The van der Waals surface area contributed by atoms with Gasteiger partial charge in [0.25, 0.3) is 0 Å². The van der Waals surface area contributed by atoms with Crippen LogP contribution >= 0.6 is 0 Å². The zero-order valence-electron chi connectivity index (χ0n) is 15.3. The lowest BCUT2D eigenvalue weighted by Crippen LogP contribution is -2.43. The van der Waals surface area contributed by atoms with Crippen molar-refractivity contribution < 1.29 is 26.4 Å². The summed E-state index contributed by atoms with van der Waals surface area (Å²) in [6.45, 7) is 2.12. The molecule has 1 heterocycles. The average molecular weight is 413 g/mol. The lowest BCUT2D eigenvalue weighted by molar-refractivity contribution is -0.267. The highest BCUT2D eigenvalue weighted by Gasteiger charge is 2.61. The van der Waals surface area contributed by atoms with Crippen molar-refractivity contribution in [3.05, 3.63) is 66.2 Å². The molecular weight excluding hydrogens is 391 g/mol. The number of benzene rings is 2. The van der Waals surface area contributed by atoms with E-state index in [2.05, 4.69) is 0 Å². The fourth-order valence-corrected chi connectivity index (χ4v) is 5.47. The van der Waals surface area contributed by atoms with Crippen molar-refractivity contribution in [1.29, 1.82) is 0 Å². The van der Waals surface area contributed by atoms with Crippen LogP contribution in [0.25, 0.3) is 0 Å². The first kappa shape index (κ1) is 20.8. The van der Waals surface area contributed by atoms with E-state index in [0.29, 0.717) is 12.0 Å². The largest absolute Gasteiger partial charge is 0.418 e. The highest BCUT2D eigenvalue weighted by atomic mass is 32.2. The van der Waals surface area contributed by atoms with Crippen molar-refractivity contribution in [2.45, 2.75) is 48.2 Å². The molecular formula is C20H22F3NO3S. The van der Waals surface area contributed by atoms with E-state index in [0.717, 1.165) is 6.42 Å². The molecule has 2 aromatic carbocycles. The number of alkyl halides is 3. The van der Waals surface area contributed by atoms with E-state index in [-0.39, 0.29) is 11.4 Å². The molecule has 3 rings (SSSR count). The van der Waals surface area contributed by atoms with Gasteiger partial charge in [0, 0.05) is 6.54 Å². The molecule has 0 saturated carbocycles. The number of hydrogen-bond donors (Lipinski definition) is 0. The van der Waals surface area contributed by atoms with Crippen molar-refractivity contribution in [3.63, 3.8) is 0 Å². The Kier molecular flexibility index (Phi) is 6.12. The predicted octanol–water partition coefficient (Wildman–Crippen LogP) is 4.55. The average Bonchev–Trinajstić information content (AvgIpc) is 3.08. The molecule has 1 aliphatic rings. The van der Waals surface area contributed by atoms with Crippen molar-refractivity contribution in [2.75, 3.05) is 6.54 Å². The molecule has 8 heteroatoms. The fourth-order valence-electron chi connectivity index (χ4n) is 3.46. The molecule has 0 amide bonds.